The number of benzene rings is 1. The third-order valence-electron chi connectivity index (χ3n) is 5.44. The molecule has 0 aliphatic heterocycles. The molecule has 170 valence electrons. The SMILES string of the molecule is CCCCCCC(CCC)Nc1nc(Cc2ccc(Br)cc2)[nH]c(=O)c1C(=N)CCC. The van der Waals surface area contributed by atoms with Crippen molar-refractivity contribution in [2.24, 2.45) is 0 Å². The van der Waals surface area contributed by atoms with Crippen LogP contribution in [0.25, 0.3) is 0 Å². The Balaban J connectivity index is 2.32. The molecule has 0 saturated heterocycles. The molecule has 5 nitrogen and oxygen atoms in total. The van der Waals surface area contributed by atoms with Gasteiger partial charge in [-0.1, -0.05) is 87.4 Å². The molecule has 1 aromatic heterocycles. The molecule has 1 heterocycles. The van der Waals surface area contributed by atoms with Crippen LogP contribution in [-0.4, -0.2) is 21.7 Å². The molecule has 1 atom stereocenters. The zero-order valence-electron chi connectivity index (χ0n) is 19.2. The maximum absolute atomic E-state index is 13.0. The lowest BCUT2D eigenvalue weighted by molar-refractivity contribution is 0.539. The highest BCUT2D eigenvalue weighted by molar-refractivity contribution is 9.10. The Morgan fingerprint density at radius 3 is 2.45 bits per heavy atom. The summed E-state index contributed by atoms with van der Waals surface area (Å²) >= 11 is 3.46. The van der Waals surface area contributed by atoms with Crippen LogP contribution in [0, 0.1) is 5.41 Å². The minimum Gasteiger partial charge on any atom is -0.367 e. The van der Waals surface area contributed by atoms with Crippen LogP contribution in [0.5, 0.6) is 0 Å². The van der Waals surface area contributed by atoms with Crippen molar-refractivity contribution in [1.82, 2.24) is 9.97 Å². The average Bonchev–Trinajstić information content (AvgIpc) is 2.73. The molecule has 0 saturated carbocycles. The third-order valence-corrected chi connectivity index (χ3v) is 5.97. The molecule has 2 aromatic rings. The topological polar surface area (TPSA) is 81.6 Å². The van der Waals surface area contributed by atoms with E-state index in [0.29, 0.717) is 35.8 Å². The summed E-state index contributed by atoms with van der Waals surface area (Å²) in [5.41, 5.74) is 1.62. The van der Waals surface area contributed by atoms with E-state index >= 15 is 0 Å². The number of halogens is 1. The molecule has 0 amide bonds. The Labute approximate surface area is 195 Å². The average molecular weight is 490 g/mol. The normalized spacial score (nSPS) is 12.0. The van der Waals surface area contributed by atoms with Crippen molar-refractivity contribution in [2.75, 3.05) is 5.32 Å². The van der Waals surface area contributed by atoms with Gasteiger partial charge in [0.15, 0.2) is 0 Å². The van der Waals surface area contributed by atoms with Crippen LogP contribution in [0.1, 0.15) is 95.5 Å². The number of aromatic nitrogens is 2. The standard InChI is InChI=1S/C25H37BrN4O/c1-4-7-8-9-12-20(10-5-2)28-24-23(21(27)11-6-3)25(31)30-22(29-24)17-18-13-15-19(26)16-14-18/h13-16,20,27H,4-12,17H2,1-3H3,(H2,28,29,30,31). The predicted molar refractivity (Wildman–Crippen MR) is 135 cm³/mol. The van der Waals surface area contributed by atoms with Crippen molar-refractivity contribution in [3.05, 3.63) is 56.0 Å². The van der Waals surface area contributed by atoms with E-state index in [1.165, 1.54) is 25.7 Å². The lowest BCUT2D eigenvalue weighted by Crippen LogP contribution is -2.28. The summed E-state index contributed by atoms with van der Waals surface area (Å²) in [5.74, 6) is 1.20. The number of anilines is 1. The van der Waals surface area contributed by atoms with E-state index in [0.717, 1.165) is 35.7 Å². The molecule has 1 aromatic carbocycles. The van der Waals surface area contributed by atoms with Gasteiger partial charge >= 0.3 is 0 Å². The van der Waals surface area contributed by atoms with Crippen molar-refractivity contribution < 1.29 is 0 Å². The van der Waals surface area contributed by atoms with E-state index in [-0.39, 0.29) is 11.6 Å². The molecule has 0 aliphatic carbocycles. The summed E-state index contributed by atoms with van der Waals surface area (Å²) in [6.07, 6.45) is 9.99. The number of hydrogen-bond donors (Lipinski definition) is 3. The van der Waals surface area contributed by atoms with Crippen molar-refractivity contribution in [2.45, 2.75) is 91.0 Å². The number of rotatable bonds is 14. The van der Waals surface area contributed by atoms with Gasteiger partial charge in [-0.25, -0.2) is 4.98 Å². The van der Waals surface area contributed by atoms with E-state index in [9.17, 15) is 4.79 Å². The molecule has 0 radical (unpaired) electrons. The lowest BCUT2D eigenvalue weighted by atomic mass is 10.0. The Hall–Kier alpha value is -1.95. The largest absolute Gasteiger partial charge is 0.367 e. The lowest BCUT2D eigenvalue weighted by Gasteiger charge is -2.21. The number of nitrogens with zero attached hydrogens (tertiary/aromatic N) is 1. The van der Waals surface area contributed by atoms with Crippen molar-refractivity contribution in [3.63, 3.8) is 0 Å². The first-order valence-corrected chi connectivity index (χ1v) is 12.5. The van der Waals surface area contributed by atoms with E-state index in [4.69, 9.17) is 10.4 Å². The van der Waals surface area contributed by atoms with Crippen LogP contribution in [0.4, 0.5) is 5.82 Å². The summed E-state index contributed by atoms with van der Waals surface area (Å²) in [5, 5.41) is 12.0. The Morgan fingerprint density at radius 2 is 1.81 bits per heavy atom. The highest BCUT2D eigenvalue weighted by Gasteiger charge is 2.19. The summed E-state index contributed by atoms with van der Waals surface area (Å²) in [4.78, 5) is 20.7. The zero-order valence-corrected chi connectivity index (χ0v) is 20.8. The van der Waals surface area contributed by atoms with Crippen LogP contribution < -0.4 is 10.9 Å². The number of H-pyrrole nitrogens is 1. The quantitative estimate of drug-likeness (QED) is 0.201. The van der Waals surface area contributed by atoms with Crippen LogP contribution >= 0.6 is 15.9 Å². The summed E-state index contributed by atoms with van der Waals surface area (Å²) < 4.78 is 1.02. The van der Waals surface area contributed by atoms with E-state index < -0.39 is 0 Å². The van der Waals surface area contributed by atoms with Gasteiger partial charge in [0.2, 0.25) is 0 Å². The van der Waals surface area contributed by atoms with Gasteiger partial charge in [0, 0.05) is 22.6 Å². The first-order valence-electron chi connectivity index (χ1n) is 11.7. The fourth-order valence-corrected chi connectivity index (χ4v) is 4.07. The molecule has 0 aliphatic rings. The Kier molecular flexibility index (Phi) is 11.0. The van der Waals surface area contributed by atoms with E-state index in [1.807, 2.05) is 31.2 Å². The maximum Gasteiger partial charge on any atom is 0.262 e. The minimum atomic E-state index is -0.218. The number of aromatic amines is 1. The minimum absolute atomic E-state index is 0.218. The van der Waals surface area contributed by atoms with Crippen molar-refractivity contribution in [3.8, 4) is 0 Å². The third kappa shape index (κ3) is 8.24. The number of unbranched alkanes of at least 4 members (excludes halogenated alkanes) is 3. The van der Waals surface area contributed by atoms with E-state index in [2.05, 4.69) is 40.1 Å². The number of nitrogens with one attached hydrogen (secondary N) is 3. The van der Waals surface area contributed by atoms with Gasteiger partial charge in [-0.15, -0.1) is 0 Å². The van der Waals surface area contributed by atoms with Gasteiger partial charge in [0.05, 0.1) is 0 Å². The summed E-state index contributed by atoms with van der Waals surface area (Å²) in [7, 11) is 0. The van der Waals surface area contributed by atoms with Gasteiger partial charge in [-0.05, 0) is 37.0 Å². The van der Waals surface area contributed by atoms with Crippen molar-refractivity contribution in [1.29, 1.82) is 5.41 Å². The molecule has 0 spiro atoms. The fraction of sp³-hybridized carbons (Fsp3) is 0.560. The molecule has 3 N–H and O–H groups in total. The molecule has 0 bridgehead atoms. The predicted octanol–water partition coefficient (Wildman–Crippen LogP) is 6.84. The number of hydrogen-bond acceptors (Lipinski definition) is 4. The molecule has 2 rings (SSSR count). The van der Waals surface area contributed by atoms with Crippen LogP contribution in [0.3, 0.4) is 0 Å². The molecule has 31 heavy (non-hydrogen) atoms. The first-order chi connectivity index (χ1) is 15.0. The second-order valence-electron chi connectivity index (χ2n) is 8.25. The van der Waals surface area contributed by atoms with Gasteiger partial charge in [0.1, 0.15) is 17.2 Å². The van der Waals surface area contributed by atoms with Gasteiger partial charge < -0.3 is 15.7 Å². The van der Waals surface area contributed by atoms with Gasteiger partial charge in [0.25, 0.3) is 5.56 Å². The fourth-order valence-electron chi connectivity index (χ4n) is 3.81. The first kappa shape index (κ1) is 25.3. The second kappa shape index (κ2) is 13.5. The highest BCUT2D eigenvalue weighted by atomic mass is 79.9. The molecular weight excluding hydrogens is 452 g/mol. The van der Waals surface area contributed by atoms with Crippen molar-refractivity contribution >= 4 is 27.5 Å². The molecule has 1 unspecified atom stereocenters. The maximum atomic E-state index is 13.0. The van der Waals surface area contributed by atoms with Crippen LogP contribution in [0.15, 0.2) is 33.5 Å². The van der Waals surface area contributed by atoms with Crippen LogP contribution in [-0.2, 0) is 6.42 Å². The van der Waals surface area contributed by atoms with Gasteiger partial charge in [-0.2, -0.15) is 0 Å². The smallest absolute Gasteiger partial charge is 0.262 e. The molecular formula is C25H37BrN4O. The Morgan fingerprint density at radius 1 is 1.06 bits per heavy atom. The van der Waals surface area contributed by atoms with Gasteiger partial charge in [-0.3, -0.25) is 4.79 Å². The summed E-state index contributed by atoms with van der Waals surface area (Å²) in [6.45, 7) is 6.43. The molecule has 6 heteroatoms. The monoisotopic (exact) mass is 488 g/mol. The Bertz CT molecular complexity index is 876. The zero-order chi connectivity index (χ0) is 22.6. The molecule has 0 fully saturated rings. The van der Waals surface area contributed by atoms with E-state index in [1.54, 1.807) is 0 Å². The highest BCUT2D eigenvalue weighted by Crippen LogP contribution is 2.19. The summed E-state index contributed by atoms with van der Waals surface area (Å²) in [6, 6.07) is 8.30. The second-order valence-corrected chi connectivity index (χ2v) is 9.16. The van der Waals surface area contributed by atoms with Crippen LogP contribution in [0.2, 0.25) is 0 Å².